The molecule has 0 saturated carbocycles. The lowest BCUT2D eigenvalue weighted by atomic mass is 10.2. The van der Waals surface area contributed by atoms with Crippen LogP contribution < -0.4 is 10.1 Å². The van der Waals surface area contributed by atoms with E-state index in [0.29, 0.717) is 0 Å². The van der Waals surface area contributed by atoms with Gasteiger partial charge in [-0.05, 0) is 25.1 Å². The summed E-state index contributed by atoms with van der Waals surface area (Å²) >= 11 is 11.9. The number of ether oxygens (including phenoxy) is 2. The number of methoxy groups -OCH3 is 1. The number of rotatable bonds is 6. The van der Waals surface area contributed by atoms with Gasteiger partial charge in [-0.15, -0.1) is 0 Å². The van der Waals surface area contributed by atoms with E-state index in [0.717, 1.165) is 6.07 Å². The molecule has 0 aliphatic carbocycles. The van der Waals surface area contributed by atoms with Crippen molar-refractivity contribution in [2.75, 3.05) is 12.4 Å². The first-order chi connectivity index (χ1) is 12.7. The Hall–Kier alpha value is -2.84. The molecule has 8 nitrogen and oxygen atoms in total. The Morgan fingerprint density at radius 3 is 2.37 bits per heavy atom. The zero-order valence-corrected chi connectivity index (χ0v) is 15.7. The molecule has 0 bridgehead atoms. The molecule has 0 saturated heterocycles. The Morgan fingerprint density at radius 2 is 1.81 bits per heavy atom. The lowest BCUT2D eigenvalue weighted by molar-refractivity contribution is -0.384. The minimum absolute atomic E-state index is 0.0478. The first-order valence-corrected chi connectivity index (χ1v) is 8.28. The van der Waals surface area contributed by atoms with Gasteiger partial charge in [0.2, 0.25) is 0 Å². The molecule has 0 fully saturated rings. The van der Waals surface area contributed by atoms with Gasteiger partial charge in [0.1, 0.15) is 5.75 Å². The summed E-state index contributed by atoms with van der Waals surface area (Å²) in [5.74, 6) is -1.44. The molecule has 1 N–H and O–H groups in total. The number of nitrogens with one attached hydrogen (secondary N) is 1. The summed E-state index contributed by atoms with van der Waals surface area (Å²) in [5, 5.41) is 13.5. The topological polar surface area (TPSA) is 108 Å². The quantitative estimate of drug-likeness (QED) is 0.434. The van der Waals surface area contributed by atoms with Crippen LogP contribution >= 0.6 is 23.2 Å². The van der Waals surface area contributed by atoms with Crippen molar-refractivity contribution in [3.63, 3.8) is 0 Å². The second kappa shape index (κ2) is 8.70. The largest absolute Gasteiger partial charge is 0.494 e. The number of hydrogen-bond acceptors (Lipinski definition) is 6. The summed E-state index contributed by atoms with van der Waals surface area (Å²) < 4.78 is 10.1. The maximum Gasteiger partial charge on any atom is 0.341 e. The molecule has 0 unspecified atom stereocenters. The number of benzene rings is 2. The van der Waals surface area contributed by atoms with Crippen molar-refractivity contribution in [3.05, 3.63) is 62.1 Å². The first-order valence-electron chi connectivity index (χ1n) is 7.53. The van der Waals surface area contributed by atoms with Gasteiger partial charge in [-0.2, -0.15) is 0 Å². The molecular formula is C17H14Cl2N2O6. The lowest BCUT2D eigenvalue weighted by Crippen LogP contribution is -2.30. The van der Waals surface area contributed by atoms with Crippen LogP contribution in [0.15, 0.2) is 36.4 Å². The van der Waals surface area contributed by atoms with Crippen molar-refractivity contribution in [1.82, 2.24) is 0 Å². The number of carbonyl (C=O) groups is 2. The molecule has 0 spiro atoms. The number of non-ortho nitro benzene ring substituents is 1. The SMILES string of the molecule is COc1cc([N+](=O)[O-])ccc1NC(=O)[C@@H](C)OC(=O)c1c(Cl)cccc1Cl. The molecule has 0 heterocycles. The van der Waals surface area contributed by atoms with Gasteiger partial charge in [0.25, 0.3) is 11.6 Å². The average molecular weight is 413 g/mol. The number of hydrogen-bond donors (Lipinski definition) is 1. The van der Waals surface area contributed by atoms with E-state index in [1.807, 2.05) is 0 Å². The standard InChI is InChI=1S/C17H14Cl2N2O6/c1-9(27-17(23)15-11(18)4-3-5-12(15)19)16(22)20-13-7-6-10(21(24)25)8-14(13)26-2/h3-9H,1-2H3,(H,20,22)/t9-/m1/s1. The summed E-state index contributed by atoms with van der Waals surface area (Å²) in [6.07, 6.45) is -1.19. The molecular weight excluding hydrogens is 399 g/mol. The fraction of sp³-hybridized carbons (Fsp3) is 0.176. The van der Waals surface area contributed by atoms with E-state index in [-0.39, 0.29) is 32.7 Å². The molecule has 0 aliphatic heterocycles. The molecule has 2 aromatic carbocycles. The lowest BCUT2D eigenvalue weighted by Gasteiger charge is -2.16. The number of halogens is 2. The minimum Gasteiger partial charge on any atom is -0.494 e. The van der Waals surface area contributed by atoms with Gasteiger partial charge >= 0.3 is 5.97 Å². The Balaban J connectivity index is 2.12. The highest BCUT2D eigenvalue weighted by atomic mass is 35.5. The van der Waals surface area contributed by atoms with Gasteiger partial charge < -0.3 is 14.8 Å². The van der Waals surface area contributed by atoms with Crippen LogP contribution in [0.5, 0.6) is 5.75 Å². The maximum atomic E-state index is 12.3. The van der Waals surface area contributed by atoms with Crippen molar-refractivity contribution in [3.8, 4) is 5.75 Å². The van der Waals surface area contributed by atoms with Crippen molar-refractivity contribution in [2.45, 2.75) is 13.0 Å². The zero-order chi connectivity index (χ0) is 20.1. The van der Waals surface area contributed by atoms with Crippen LogP contribution in [-0.2, 0) is 9.53 Å². The van der Waals surface area contributed by atoms with E-state index in [2.05, 4.69) is 5.32 Å². The number of esters is 1. The fourth-order valence-corrected chi connectivity index (χ4v) is 2.65. The van der Waals surface area contributed by atoms with Crippen molar-refractivity contribution in [2.24, 2.45) is 0 Å². The van der Waals surface area contributed by atoms with Gasteiger partial charge in [0, 0.05) is 6.07 Å². The summed E-state index contributed by atoms with van der Waals surface area (Å²) in [5.41, 5.74) is -0.0575. The molecule has 27 heavy (non-hydrogen) atoms. The van der Waals surface area contributed by atoms with Gasteiger partial charge in [-0.1, -0.05) is 29.3 Å². The molecule has 10 heteroatoms. The molecule has 0 radical (unpaired) electrons. The Morgan fingerprint density at radius 1 is 1.19 bits per heavy atom. The van der Waals surface area contributed by atoms with Crippen molar-refractivity contribution in [1.29, 1.82) is 0 Å². The fourth-order valence-electron chi connectivity index (χ4n) is 2.10. The third kappa shape index (κ3) is 4.87. The predicted octanol–water partition coefficient (Wildman–Crippen LogP) is 4.09. The van der Waals surface area contributed by atoms with Crippen LogP contribution in [0.25, 0.3) is 0 Å². The van der Waals surface area contributed by atoms with Gasteiger partial charge in [0.15, 0.2) is 6.10 Å². The third-order valence-corrected chi connectivity index (χ3v) is 4.10. The first kappa shape index (κ1) is 20.5. The molecule has 1 amide bonds. The van der Waals surface area contributed by atoms with Crippen LogP contribution in [0.1, 0.15) is 17.3 Å². The molecule has 1 atom stereocenters. The molecule has 142 valence electrons. The predicted molar refractivity (Wildman–Crippen MR) is 99.6 cm³/mol. The second-order valence-electron chi connectivity index (χ2n) is 5.28. The Bertz CT molecular complexity index is 883. The highest BCUT2D eigenvalue weighted by molar-refractivity contribution is 6.39. The Kier molecular flexibility index (Phi) is 6.59. The molecule has 0 aromatic heterocycles. The van der Waals surface area contributed by atoms with Crippen LogP contribution in [0, 0.1) is 10.1 Å². The normalized spacial score (nSPS) is 11.4. The number of nitro benzene ring substituents is 1. The van der Waals surface area contributed by atoms with E-state index >= 15 is 0 Å². The van der Waals surface area contributed by atoms with Crippen LogP contribution in [0.3, 0.4) is 0 Å². The van der Waals surface area contributed by atoms with E-state index in [1.54, 1.807) is 6.07 Å². The smallest absolute Gasteiger partial charge is 0.341 e. The van der Waals surface area contributed by atoms with Crippen LogP contribution in [0.4, 0.5) is 11.4 Å². The Labute approximate surface area is 164 Å². The number of nitrogens with zero attached hydrogens (tertiary/aromatic N) is 1. The molecule has 2 aromatic rings. The number of amides is 1. The summed E-state index contributed by atoms with van der Waals surface area (Å²) in [7, 11) is 1.30. The zero-order valence-electron chi connectivity index (χ0n) is 14.2. The number of nitro groups is 1. The maximum absolute atomic E-state index is 12.3. The summed E-state index contributed by atoms with van der Waals surface area (Å²) in [6.45, 7) is 1.36. The number of carbonyl (C=O) groups excluding carboxylic acids is 2. The van der Waals surface area contributed by atoms with E-state index in [1.165, 1.54) is 38.3 Å². The third-order valence-electron chi connectivity index (χ3n) is 3.47. The van der Waals surface area contributed by atoms with Crippen LogP contribution in [-0.4, -0.2) is 30.0 Å². The minimum atomic E-state index is -1.19. The highest BCUT2D eigenvalue weighted by Crippen LogP contribution is 2.29. The molecule has 2 rings (SSSR count). The monoisotopic (exact) mass is 412 g/mol. The molecule has 0 aliphatic rings. The van der Waals surface area contributed by atoms with Crippen molar-refractivity contribution >= 4 is 46.5 Å². The summed E-state index contributed by atoms with van der Waals surface area (Å²) in [4.78, 5) is 34.7. The second-order valence-corrected chi connectivity index (χ2v) is 6.09. The van der Waals surface area contributed by atoms with E-state index in [4.69, 9.17) is 32.7 Å². The van der Waals surface area contributed by atoms with Gasteiger partial charge in [-0.25, -0.2) is 4.79 Å². The van der Waals surface area contributed by atoms with E-state index < -0.39 is 22.9 Å². The number of anilines is 1. The summed E-state index contributed by atoms with van der Waals surface area (Å²) in [6, 6.07) is 8.19. The van der Waals surface area contributed by atoms with Gasteiger partial charge in [-0.3, -0.25) is 14.9 Å². The van der Waals surface area contributed by atoms with E-state index in [9.17, 15) is 19.7 Å². The van der Waals surface area contributed by atoms with Crippen molar-refractivity contribution < 1.29 is 24.0 Å². The average Bonchev–Trinajstić information content (AvgIpc) is 2.61. The highest BCUT2D eigenvalue weighted by Gasteiger charge is 2.23. The van der Waals surface area contributed by atoms with Gasteiger partial charge in [0.05, 0.1) is 39.4 Å². The van der Waals surface area contributed by atoms with Crippen LogP contribution in [0.2, 0.25) is 10.0 Å².